The van der Waals surface area contributed by atoms with Crippen molar-refractivity contribution in [1.29, 1.82) is 0 Å². The molecule has 1 N–H and O–H groups in total. The average Bonchev–Trinajstić information content (AvgIpc) is 3.43. The number of pyridine rings is 2. The van der Waals surface area contributed by atoms with Crippen LogP contribution in [0, 0.1) is 19.7 Å². The highest BCUT2D eigenvalue weighted by Gasteiger charge is 2.25. The van der Waals surface area contributed by atoms with Crippen LogP contribution in [0.15, 0.2) is 59.4 Å². The fraction of sp³-hybridized carbons (Fsp3) is 0.125. The van der Waals surface area contributed by atoms with Crippen LogP contribution in [0.4, 0.5) is 10.1 Å². The molecule has 5 rings (SSSR count). The zero-order valence-corrected chi connectivity index (χ0v) is 20.6. The molecule has 0 aliphatic rings. The Hall–Kier alpha value is -4.21. The first-order valence-electron chi connectivity index (χ1n) is 11.5. The molecule has 0 unspecified atom stereocenters. The van der Waals surface area contributed by atoms with Crippen molar-refractivity contribution in [3.8, 4) is 16.9 Å². The number of benzene rings is 1. The molecule has 8 nitrogen and oxygen atoms in total. The van der Waals surface area contributed by atoms with Crippen molar-refractivity contribution < 1.29 is 13.6 Å². The number of carbonyl (C=O) groups excluding carboxylic acids is 1. The van der Waals surface area contributed by atoms with Crippen LogP contribution >= 0.6 is 0 Å². The van der Waals surface area contributed by atoms with Gasteiger partial charge in [-0.05, 0) is 54.9 Å². The Morgan fingerprint density at radius 3 is 2.67 bits per heavy atom. The third-order valence-electron chi connectivity index (χ3n) is 5.74. The van der Waals surface area contributed by atoms with Gasteiger partial charge in [-0.3, -0.25) is 9.78 Å². The number of carbonyl (C=O) groups is 1. The maximum Gasteiger partial charge on any atom is 0.293 e. The number of amides is 1. The molecule has 0 saturated carbocycles. The van der Waals surface area contributed by atoms with Gasteiger partial charge >= 0.3 is 0 Å². The standard InChI is InChI=1S/C24H22B3FN6O2/c1-12-4-3-7-29-19(12)14-8-15-11-34(33-21(15)30-10-14)18-9-16(5-6-17(18)28)32-22(35)20-13(2)31-23(36-20)24(25,26)27/h3-11H,25-27H2,1-2H3,(H,32,35). The third kappa shape index (κ3) is 4.42. The molecule has 0 saturated heterocycles. The highest BCUT2D eigenvalue weighted by Crippen LogP contribution is 2.26. The van der Waals surface area contributed by atoms with Gasteiger partial charge in [0.25, 0.3) is 5.91 Å². The van der Waals surface area contributed by atoms with Crippen molar-refractivity contribution in [2.45, 2.75) is 19.0 Å². The molecular formula is C24H22B3FN6O2. The third-order valence-corrected chi connectivity index (χ3v) is 5.74. The van der Waals surface area contributed by atoms with Crippen LogP contribution in [-0.4, -0.2) is 54.2 Å². The summed E-state index contributed by atoms with van der Waals surface area (Å²) >= 11 is 0. The second kappa shape index (κ2) is 8.78. The average molecular weight is 478 g/mol. The van der Waals surface area contributed by atoms with Crippen molar-refractivity contribution in [2.24, 2.45) is 0 Å². The molecule has 0 fully saturated rings. The Balaban J connectivity index is 1.45. The number of nitrogens with zero attached hydrogens (tertiary/aromatic N) is 5. The molecule has 5 aromatic rings. The molecular weight excluding hydrogens is 456 g/mol. The van der Waals surface area contributed by atoms with E-state index in [9.17, 15) is 9.18 Å². The second-order valence-corrected chi connectivity index (χ2v) is 9.68. The minimum absolute atomic E-state index is 0.122. The number of fused-ring (bicyclic) bond motifs is 1. The lowest BCUT2D eigenvalue weighted by atomic mass is 9.42. The maximum atomic E-state index is 14.8. The molecule has 0 bridgehead atoms. The molecule has 0 radical (unpaired) electrons. The number of rotatable bonds is 5. The van der Waals surface area contributed by atoms with Crippen LogP contribution in [0.3, 0.4) is 0 Å². The van der Waals surface area contributed by atoms with Crippen LogP contribution in [-0.2, 0) is 5.11 Å². The number of halogens is 1. The Labute approximate surface area is 209 Å². The van der Waals surface area contributed by atoms with Gasteiger partial charge in [0, 0.05) is 35.2 Å². The molecule has 4 heterocycles. The van der Waals surface area contributed by atoms with Crippen LogP contribution in [0.25, 0.3) is 28.0 Å². The number of nitrogens with one attached hydrogen (secondary N) is 1. The van der Waals surface area contributed by atoms with Crippen LogP contribution in [0.5, 0.6) is 0 Å². The molecule has 12 heteroatoms. The zero-order valence-electron chi connectivity index (χ0n) is 20.6. The monoisotopic (exact) mass is 478 g/mol. The zero-order chi connectivity index (χ0) is 25.6. The van der Waals surface area contributed by atoms with Gasteiger partial charge in [0.15, 0.2) is 11.5 Å². The van der Waals surface area contributed by atoms with Gasteiger partial charge < -0.3 is 9.73 Å². The fourth-order valence-corrected chi connectivity index (χ4v) is 3.84. The summed E-state index contributed by atoms with van der Waals surface area (Å²) in [6.07, 6.45) is 5.13. The summed E-state index contributed by atoms with van der Waals surface area (Å²) in [7, 11) is 5.86. The van der Waals surface area contributed by atoms with E-state index in [2.05, 4.69) is 25.4 Å². The van der Waals surface area contributed by atoms with E-state index in [4.69, 9.17) is 4.42 Å². The summed E-state index contributed by atoms with van der Waals surface area (Å²) in [6, 6.07) is 10.1. The van der Waals surface area contributed by atoms with Crippen molar-refractivity contribution in [2.75, 3.05) is 5.32 Å². The van der Waals surface area contributed by atoms with Crippen molar-refractivity contribution >= 4 is 46.2 Å². The van der Waals surface area contributed by atoms with E-state index >= 15 is 0 Å². The summed E-state index contributed by atoms with van der Waals surface area (Å²) in [5.41, 5.74) is 4.22. The van der Waals surface area contributed by atoms with Crippen LogP contribution in [0.2, 0.25) is 0 Å². The largest absolute Gasteiger partial charge is 0.437 e. The summed E-state index contributed by atoms with van der Waals surface area (Å²) < 4.78 is 21.9. The first kappa shape index (κ1) is 23.5. The van der Waals surface area contributed by atoms with E-state index < -0.39 is 11.7 Å². The van der Waals surface area contributed by atoms with Gasteiger partial charge in [-0.2, -0.15) is 0 Å². The van der Waals surface area contributed by atoms with E-state index in [0.29, 0.717) is 22.9 Å². The van der Waals surface area contributed by atoms with E-state index in [1.54, 1.807) is 25.5 Å². The molecule has 0 aliphatic carbocycles. The number of anilines is 1. The molecule has 0 spiro atoms. The minimum Gasteiger partial charge on any atom is -0.437 e. The lowest BCUT2D eigenvalue weighted by Gasteiger charge is -2.11. The molecule has 1 amide bonds. The maximum absolute atomic E-state index is 14.8. The van der Waals surface area contributed by atoms with E-state index in [1.165, 1.54) is 22.9 Å². The lowest BCUT2D eigenvalue weighted by Crippen LogP contribution is -2.27. The number of oxazole rings is 1. The molecule has 0 aliphatic heterocycles. The van der Waals surface area contributed by atoms with Gasteiger partial charge in [-0.25, -0.2) is 19.0 Å². The number of aromatic nitrogens is 5. The Morgan fingerprint density at radius 2 is 1.94 bits per heavy atom. The van der Waals surface area contributed by atoms with E-state index in [0.717, 1.165) is 22.2 Å². The number of aryl methyl sites for hydroxylation is 2. The molecule has 1 aromatic carbocycles. The fourth-order valence-electron chi connectivity index (χ4n) is 3.84. The SMILES string of the molecule is BC(B)(B)c1nc(C)c(C(=O)Nc2ccc(F)c(-n3cc4cc(-c5ncccc5C)cnc4n3)c2)o1. The highest BCUT2D eigenvalue weighted by molar-refractivity contribution is 6.58. The van der Waals surface area contributed by atoms with Gasteiger partial charge in [0.1, 0.15) is 35.0 Å². The Bertz CT molecular complexity index is 1630. The van der Waals surface area contributed by atoms with Gasteiger partial charge in [0.2, 0.25) is 5.76 Å². The summed E-state index contributed by atoms with van der Waals surface area (Å²) in [5, 5.41) is 7.59. The summed E-state index contributed by atoms with van der Waals surface area (Å²) in [4.78, 5) is 26.1. The van der Waals surface area contributed by atoms with Gasteiger partial charge in [-0.1, -0.05) is 6.07 Å². The normalized spacial score (nSPS) is 11.6. The molecule has 4 aromatic heterocycles. The van der Waals surface area contributed by atoms with Crippen LogP contribution < -0.4 is 5.32 Å². The molecule has 0 atom stereocenters. The summed E-state index contributed by atoms with van der Waals surface area (Å²) in [6.45, 7) is 3.70. The highest BCUT2D eigenvalue weighted by atomic mass is 19.1. The smallest absolute Gasteiger partial charge is 0.293 e. The van der Waals surface area contributed by atoms with E-state index in [-0.39, 0.29) is 16.6 Å². The predicted molar refractivity (Wildman–Crippen MR) is 143 cm³/mol. The van der Waals surface area contributed by atoms with E-state index in [1.807, 2.05) is 48.7 Å². The van der Waals surface area contributed by atoms with Gasteiger partial charge in [-0.15, -0.1) is 5.10 Å². The van der Waals surface area contributed by atoms with Crippen molar-refractivity contribution in [3.63, 3.8) is 0 Å². The van der Waals surface area contributed by atoms with Crippen molar-refractivity contribution in [3.05, 3.63) is 83.7 Å². The lowest BCUT2D eigenvalue weighted by molar-refractivity contribution is 0.0994. The Morgan fingerprint density at radius 1 is 1.14 bits per heavy atom. The molecule has 36 heavy (non-hydrogen) atoms. The first-order valence-corrected chi connectivity index (χ1v) is 11.5. The van der Waals surface area contributed by atoms with Crippen LogP contribution in [0.1, 0.15) is 27.7 Å². The van der Waals surface area contributed by atoms with Gasteiger partial charge in [0.05, 0.1) is 11.4 Å². The Kier molecular flexibility index (Phi) is 5.74. The van der Waals surface area contributed by atoms with Crippen molar-refractivity contribution in [1.82, 2.24) is 24.7 Å². The quantitative estimate of drug-likeness (QED) is 0.385. The number of hydrogen-bond donors (Lipinski definition) is 1. The predicted octanol–water partition coefficient (Wildman–Crippen LogP) is 1.49. The summed E-state index contributed by atoms with van der Waals surface area (Å²) in [5.74, 6) is -0.360. The first-order chi connectivity index (χ1) is 17.1. The second-order valence-electron chi connectivity index (χ2n) is 9.68. The molecule has 176 valence electrons. The topological polar surface area (TPSA) is 98.7 Å². The number of hydrogen-bond acceptors (Lipinski definition) is 6. The minimum atomic E-state index is -0.493.